The van der Waals surface area contributed by atoms with Gasteiger partial charge in [0, 0.05) is 44.0 Å². The van der Waals surface area contributed by atoms with E-state index in [1.54, 1.807) is 6.20 Å². The van der Waals surface area contributed by atoms with E-state index < -0.39 is 9.84 Å². The number of hydrogen-bond acceptors (Lipinski definition) is 8. The number of hydrogen-bond donors (Lipinski definition) is 1. The van der Waals surface area contributed by atoms with E-state index in [1.165, 1.54) is 11.8 Å². The lowest BCUT2D eigenvalue weighted by molar-refractivity contribution is -0.123. The van der Waals surface area contributed by atoms with Gasteiger partial charge in [0.15, 0.2) is 0 Å². The van der Waals surface area contributed by atoms with Crippen molar-refractivity contribution in [3.05, 3.63) is 36.0 Å². The van der Waals surface area contributed by atoms with E-state index in [9.17, 15) is 13.2 Å². The fraction of sp³-hybridized carbons (Fsp3) is 0.565. The first-order valence-electron chi connectivity index (χ1n) is 11.5. The molecule has 33 heavy (non-hydrogen) atoms. The zero-order valence-corrected chi connectivity index (χ0v) is 20.1. The Hall–Kier alpha value is -2.59. The predicted molar refractivity (Wildman–Crippen MR) is 128 cm³/mol. The van der Waals surface area contributed by atoms with Crippen molar-refractivity contribution >= 4 is 21.7 Å². The molecule has 10 heteroatoms. The highest BCUT2D eigenvalue weighted by molar-refractivity contribution is 7.91. The topological polar surface area (TPSA) is 108 Å². The van der Waals surface area contributed by atoms with E-state index >= 15 is 0 Å². The molecule has 1 saturated heterocycles. The summed E-state index contributed by atoms with van der Waals surface area (Å²) in [4.78, 5) is 21.4. The number of benzene rings is 1. The normalized spacial score (nSPS) is 22.2. The van der Waals surface area contributed by atoms with E-state index in [2.05, 4.69) is 44.4 Å². The fourth-order valence-electron chi connectivity index (χ4n) is 4.51. The summed E-state index contributed by atoms with van der Waals surface area (Å²) in [6.45, 7) is 5.34. The first kappa shape index (κ1) is 23.6. The van der Waals surface area contributed by atoms with Crippen LogP contribution in [0.3, 0.4) is 0 Å². The van der Waals surface area contributed by atoms with Crippen molar-refractivity contribution in [2.24, 2.45) is 0 Å². The number of aromatic nitrogens is 3. The van der Waals surface area contributed by atoms with Crippen LogP contribution >= 0.6 is 0 Å². The van der Waals surface area contributed by atoms with Crippen LogP contribution in [0.2, 0.25) is 0 Å². The number of sulfone groups is 1. The van der Waals surface area contributed by atoms with Gasteiger partial charge >= 0.3 is 0 Å². The molecule has 0 atom stereocenters. The summed E-state index contributed by atoms with van der Waals surface area (Å²) in [6.07, 6.45) is 5.67. The highest BCUT2D eigenvalue weighted by atomic mass is 32.2. The van der Waals surface area contributed by atoms with Gasteiger partial charge in [-0.2, -0.15) is 5.10 Å². The number of aryl methyl sites for hydroxylation is 1. The molecule has 2 aromatic rings. The lowest BCUT2D eigenvalue weighted by Crippen LogP contribution is -2.51. The van der Waals surface area contributed by atoms with Gasteiger partial charge in [-0.25, -0.2) is 13.4 Å². The van der Waals surface area contributed by atoms with Crippen molar-refractivity contribution in [3.63, 3.8) is 0 Å². The number of amides is 1. The van der Waals surface area contributed by atoms with Crippen molar-refractivity contribution in [1.82, 2.24) is 25.4 Å². The molecule has 1 aromatic carbocycles. The molecule has 4 rings (SSSR count). The largest absolute Gasteiger partial charge is 0.352 e. The van der Waals surface area contributed by atoms with Crippen LogP contribution in [0.25, 0.3) is 11.3 Å². The van der Waals surface area contributed by atoms with Gasteiger partial charge in [0.2, 0.25) is 11.9 Å². The molecule has 2 heterocycles. The van der Waals surface area contributed by atoms with E-state index in [4.69, 9.17) is 4.98 Å². The standard InChI is InChI=1S/C23H32N6O3S/c1-17-3-5-18(6-4-17)21-15-24-27-23(26-21)29-13-11-28(12-14-29)16-22(30)25-19-7-9-20(10-8-19)33(2,31)32/h3-6,15,19-20H,7-14,16H2,1-2H3,(H,25,30). The van der Waals surface area contributed by atoms with Gasteiger partial charge in [-0.15, -0.1) is 5.10 Å². The molecule has 2 aliphatic rings. The fourth-order valence-corrected chi connectivity index (χ4v) is 5.64. The Kier molecular flexibility index (Phi) is 7.23. The smallest absolute Gasteiger partial charge is 0.245 e. The molecule has 2 fully saturated rings. The average molecular weight is 473 g/mol. The number of carbonyl (C=O) groups excluding carboxylic acids is 1. The van der Waals surface area contributed by atoms with Crippen molar-refractivity contribution in [2.45, 2.75) is 43.9 Å². The van der Waals surface area contributed by atoms with Crippen LogP contribution in [0.15, 0.2) is 30.5 Å². The van der Waals surface area contributed by atoms with Gasteiger partial charge in [0.05, 0.1) is 23.7 Å². The van der Waals surface area contributed by atoms with Gasteiger partial charge in [-0.05, 0) is 32.6 Å². The molecular formula is C23H32N6O3S. The van der Waals surface area contributed by atoms with Gasteiger partial charge in [-0.1, -0.05) is 29.8 Å². The molecular weight excluding hydrogens is 440 g/mol. The Morgan fingerprint density at radius 1 is 1.06 bits per heavy atom. The number of nitrogens with one attached hydrogen (secondary N) is 1. The number of anilines is 1. The Morgan fingerprint density at radius 2 is 1.73 bits per heavy atom. The minimum atomic E-state index is -2.99. The third-order valence-electron chi connectivity index (χ3n) is 6.56. The third kappa shape index (κ3) is 6.26. The summed E-state index contributed by atoms with van der Waals surface area (Å²) >= 11 is 0. The molecule has 1 N–H and O–H groups in total. The molecule has 9 nitrogen and oxygen atoms in total. The van der Waals surface area contributed by atoms with Crippen molar-refractivity contribution < 1.29 is 13.2 Å². The molecule has 1 saturated carbocycles. The first-order chi connectivity index (χ1) is 15.8. The Labute approximate surface area is 195 Å². The van der Waals surface area contributed by atoms with Gasteiger partial charge < -0.3 is 10.2 Å². The number of rotatable bonds is 6. The highest BCUT2D eigenvalue weighted by Gasteiger charge is 2.29. The maximum atomic E-state index is 12.5. The second-order valence-corrected chi connectivity index (χ2v) is 11.5. The number of carbonyl (C=O) groups is 1. The molecule has 0 spiro atoms. The van der Waals surface area contributed by atoms with Crippen LogP contribution in [0.5, 0.6) is 0 Å². The van der Waals surface area contributed by atoms with E-state index in [0.29, 0.717) is 25.3 Å². The van der Waals surface area contributed by atoms with Crippen LogP contribution in [-0.2, 0) is 14.6 Å². The molecule has 178 valence electrons. The lowest BCUT2D eigenvalue weighted by Gasteiger charge is -2.34. The number of piperazine rings is 1. The Bertz CT molecular complexity index is 1060. The van der Waals surface area contributed by atoms with Crippen LogP contribution < -0.4 is 10.2 Å². The maximum absolute atomic E-state index is 12.5. The minimum Gasteiger partial charge on any atom is -0.352 e. The molecule has 1 aliphatic heterocycles. The van der Waals surface area contributed by atoms with E-state index in [-0.39, 0.29) is 17.2 Å². The summed E-state index contributed by atoms with van der Waals surface area (Å²) in [5, 5.41) is 11.2. The quantitative estimate of drug-likeness (QED) is 0.673. The monoisotopic (exact) mass is 472 g/mol. The summed E-state index contributed by atoms with van der Waals surface area (Å²) in [5.41, 5.74) is 3.01. The molecule has 1 aliphatic carbocycles. The second kappa shape index (κ2) is 10.1. The second-order valence-electron chi connectivity index (χ2n) is 9.14. The Balaban J connectivity index is 1.24. The maximum Gasteiger partial charge on any atom is 0.245 e. The van der Waals surface area contributed by atoms with Crippen molar-refractivity contribution in [3.8, 4) is 11.3 Å². The minimum absolute atomic E-state index is 0.00513. The van der Waals surface area contributed by atoms with Crippen LogP contribution in [0.4, 0.5) is 5.95 Å². The molecule has 0 unspecified atom stereocenters. The van der Waals surface area contributed by atoms with Gasteiger partial charge in [0.1, 0.15) is 9.84 Å². The van der Waals surface area contributed by atoms with Gasteiger partial charge in [0.25, 0.3) is 0 Å². The van der Waals surface area contributed by atoms with Crippen LogP contribution in [0, 0.1) is 6.92 Å². The van der Waals surface area contributed by atoms with E-state index in [1.807, 2.05) is 12.1 Å². The predicted octanol–water partition coefficient (Wildman–Crippen LogP) is 1.44. The van der Waals surface area contributed by atoms with Crippen LogP contribution in [-0.4, -0.2) is 84.7 Å². The summed E-state index contributed by atoms with van der Waals surface area (Å²) < 4.78 is 23.4. The third-order valence-corrected chi connectivity index (χ3v) is 8.24. The van der Waals surface area contributed by atoms with E-state index in [0.717, 1.165) is 50.3 Å². The zero-order valence-electron chi connectivity index (χ0n) is 19.3. The summed E-state index contributed by atoms with van der Waals surface area (Å²) in [5.74, 6) is 0.616. The number of nitrogens with zero attached hydrogens (tertiary/aromatic N) is 5. The Morgan fingerprint density at radius 3 is 2.36 bits per heavy atom. The summed E-state index contributed by atoms with van der Waals surface area (Å²) in [6, 6.07) is 8.25. The molecule has 0 radical (unpaired) electrons. The first-order valence-corrected chi connectivity index (χ1v) is 13.5. The molecule has 0 bridgehead atoms. The molecule has 1 aromatic heterocycles. The van der Waals surface area contributed by atoms with Gasteiger partial charge in [-0.3, -0.25) is 9.69 Å². The van der Waals surface area contributed by atoms with Crippen molar-refractivity contribution in [1.29, 1.82) is 0 Å². The SMILES string of the molecule is Cc1ccc(-c2cnnc(N3CCN(CC(=O)NC4CCC(S(C)(=O)=O)CC4)CC3)n2)cc1. The highest BCUT2D eigenvalue weighted by Crippen LogP contribution is 2.24. The summed E-state index contributed by atoms with van der Waals surface area (Å²) in [7, 11) is -2.99. The lowest BCUT2D eigenvalue weighted by atomic mass is 9.95. The average Bonchev–Trinajstić information content (AvgIpc) is 2.80. The zero-order chi connectivity index (χ0) is 23.4. The van der Waals surface area contributed by atoms with Crippen molar-refractivity contribution in [2.75, 3.05) is 43.9 Å². The molecule has 1 amide bonds. The van der Waals surface area contributed by atoms with Crippen LogP contribution in [0.1, 0.15) is 31.2 Å².